The molecule has 1 aliphatic carbocycles. The Labute approximate surface area is 119 Å². The van der Waals surface area contributed by atoms with Crippen molar-refractivity contribution in [2.45, 2.75) is 63.2 Å². The molecule has 0 bridgehead atoms. The van der Waals surface area contributed by atoms with E-state index in [-0.39, 0.29) is 23.7 Å². The molecule has 0 amide bonds. The predicted molar refractivity (Wildman–Crippen MR) is 76.1 cm³/mol. The molecule has 2 rings (SSSR count). The SMILES string of the molecule is Cn1cc(C2(CN)CCC(F)(F)CC2)c(C(C)(C)C)n1. The largest absolute Gasteiger partial charge is 0.330 e. The van der Waals surface area contributed by atoms with Crippen molar-refractivity contribution in [2.75, 3.05) is 6.54 Å². The highest BCUT2D eigenvalue weighted by Gasteiger charge is 2.46. The van der Waals surface area contributed by atoms with Crippen molar-refractivity contribution in [1.82, 2.24) is 9.78 Å². The average Bonchev–Trinajstić information content (AvgIpc) is 2.73. The van der Waals surface area contributed by atoms with Gasteiger partial charge in [0, 0.05) is 49.0 Å². The highest BCUT2D eigenvalue weighted by molar-refractivity contribution is 5.33. The molecule has 0 unspecified atom stereocenters. The molecule has 114 valence electrons. The second-order valence-electron chi connectivity index (χ2n) is 7.16. The molecule has 0 saturated heterocycles. The van der Waals surface area contributed by atoms with E-state index in [1.54, 1.807) is 4.68 Å². The van der Waals surface area contributed by atoms with Crippen LogP contribution in [0.2, 0.25) is 0 Å². The highest BCUT2D eigenvalue weighted by Crippen LogP contribution is 2.47. The number of halogens is 2. The van der Waals surface area contributed by atoms with Crippen LogP contribution in [0.25, 0.3) is 0 Å². The van der Waals surface area contributed by atoms with Crippen LogP contribution in [0.3, 0.4) is 0 Å². The maximum absolute atomic E-state index is 13.5. The normalized spacial score (nSPS) is 21.9. The molecule has 1 aliphatic rings. The van der Waals surface area contributed by atoms with Gasteiger partial charge in [0.2, 0.25) is 5.92 Å². The summed E-state index contributed by atoms with van der Waals surface area (Å²) in [4.78, 5) is 0. The van der Waals surface area contributed by atoms with E-state index < -0.39 is 5.92 Å². The average molecular weight is 285 g/mol. The minimum absolute atomic E-state index is 0.0807. The quantitative estimate of drug-likeness (QED) is 0.907. The summed E-state index contributed by atoms with van der Waals surface area (Å²) in [5.41, 5.74) is 7.58. The second kappa shape index (κ2) is 4.79. The van der Waals surface area contributed by atoms with Crippen LogP contribution in [0.5, 0.6) is 0 Å². The van der Waals surface area contributed by atoms with E-state index >= 15 is 0 Å². The van der Waals surface area contributed by atoms with Crippen molar-refractivity contribution in [2.24, 2.45) is 12.8 Å². The summed E-state index contributed by atoms with van der Waals surface area (Å²) in [7, 11) is 1.88. The van der Waals surface area contributed by atoms with E-state index in [0.717, 1.165) is 11.3 Å². The van der Waals surface area contributed by atoms with Gasteiger partial charge in [-0.25, -0.2) is 8.78 Å². The first-order chi connectivity index (χ1) is 9.10. The van der Waals surface area contributed by atoms with E-state index in [1.807, 2.05) is 13.2 Å². The molecular weight excluding hydrogens is 260 g/mol. The van der Waals surface area contributed by atoms with Gasteiger partial charge >= 0.3 is 0 Å². The number of nitrogens with zero attached hydrogens (tertiary/aromatic N) is 2. The monoisotopic (exact) mass is 285 g/mol. The van der Waals surface area contributed by atoms with Gasteiger partial charge in [0.25, 0.3) is 0 Å². The minimum atomic E-state index is -2.54. The van der Waals surface area contributed by atoms with Crippen molar-refractivity contribution >= 4 is 0 Å². The summed E-state index contributed by atoms with van der Waals surface area (Å²) in [6, 6.07) is 0. The number of aryl methyl sites for hydroxylation is 1. The Hall–Kier alpha value is -0.970. The van der Waals surface area contributed by atoms with Gasteiger partial charge in [-0.3, -0.25) is 4.68 Å². The fourth-order valence-corrected chi connectivity index (χ4v) is 3.11. The lowest BCUT2D eigenvalue weighted by Crippen LogP contribution is -2.43. The lowest BCUT2D eigenvalue weighted by atomic mass is 9.66. The number of alkyl halides is 2. The summed E-state index contributed by atoms with van der Waals surface area (Å²) in [5.74, 6) is -2.54. The van der Waals surface area contributed by atoms with Crippen molar-refractivity contribution < 1.29 is 8.78 Å². The molecule has 0 spiro atoms. The molecule has 1 fully saturated rings. The topological polar surface area (TPSA) is 43.8 Å². The number of aromatic nitrogens is 2. The Balaban J connectivity index is 2.43. The zero-order valence-corrected chi connectivity index (χ0v) is 12.8. The van der Waals surface area contributed by atoms with Gasteiger partial charge in [-0.2, -0.15) is 5.10 Å². The number of nitrogens with two attached hydrogens (primary N) is 1. The summed E-state index contributed by atoms with van der Waals surface area (Å²) < 4.78 is 28.7. The van der Waals surface area contributed by atoms with Gasteiger partial charge in [-0.15, -0.1) is 0 Å². The zero-order valence-electron chi connectivity index (χ0n) is 12.8. The molecule has 20 heavy (non-hydrogen) atoms. The van der Waals surface area contributed by atoms with Crippen LogP contribution in [0.1, 0.15) is 57.7 Å². The molecule has 5 heteroatoms. The Kier molecular flexibility index (Phi) is 3.70. The van der Waals surface area contributed by atoms with E-state index in [4.69, 9.17) is 5.73 Å². The summed E-state index contributed by atoms with van der Waals surface area (Å²) in [5, 5.41) is 4.56. The van der Waals surface area contributed by atoms with Crippen molar-refractivity contribution in [3.63, 3.8) is 0 Å². The molecule has 3 nitrogen and oxygen atoms in total. The van der Waals surface area contributed by atoms with Crippen molar-refractivity contribution in [1.29, 1.82) is 0 Å². The van der Waals surface area contributed by atoms with E-state index in [0.29, 0.717) is 19.4 Å². The Morgan fingerprint density at radius 3 is 2.25 bits per heavy atom. The predicted octanol–water partition coefficient (Wildman–Crippen LogP) is 3.12. The summed E-state index contributed by atoms with van der Waals surface area (Å²) in [6.45, 7) is 6.69. The molecule has 2 N–H and O–H groups in total. The maximum atomic E-state index is 13.5. The van der Waals surface area contributed by atoms with Gasteiger partial charge in [-0.05, 0) is 12.8 Å². The van der Waals surface area contributed by atoms with Gasteiger partial charge in [-0.1, -0.05) is 20.8 Å². The minimum Gasteiger partial charge on any atom is -0.330 e. The van der Waals surface area contributed by atoms with E-state index in [1.165, 1.54) is 0 Å². The van der Waals surface area contributed by atoms with E-state index in [9.17, 15) is 8.78 Å². The fourth-order valence-electron chi connectivity index (χ4n) is 3.11. The first kappa shape index (κ1) is 15.4. The van der Waals surface area contributed by atoms with Gasteiger partial charge in [0.1, 0.15) is 0 Å². The van der Waals surface area contributed by atoms with Crippen LogP contribution < -0.4 is 5.73 Å². The van der Waals surface area contributed by atoms with Crippen LogP contribution >= 0.6 is 0 Å². The fraction of sp³-hybridized carbons (Fsp3) is 0.800. The molecular formula is C15H25F2N3. The summed E-state index contributed by atoms with van der Waals surface area (Å²) in [6.07, 6.45) is 2.68. The van der Waals surface area contributed by atoms with Gasteiger partial charge in [0.05, 0.1) is 5.69 Å². The van der Waals surface area contributed by atoms with Crippen LogP contribution in [0, 0.1) is 0 Å². The van der Waals surface area contributed by atoms with Crippen LogP contribution in [-0.2, 0) is 17.9 Å². The third kappa shape index (κ3) is 2.73. The zero-order chi connectivity index (χ0) is 15.2. The maximum Gasteiger partial charge on any atom is 0.248 e. The Morgan fingerprint density at radius 1 is 1.25 bits per heavy atom. The van der Waals surface area contributed by atoms with Crippen LogP contribution in [0.15, 0.2) is 6.20 Å². The Bertz CT molecular complexity index is 476. The molecule has 0 aliphatic heterocycles. The first-order valence-corrected chi connectivity index (χ1v) is 7.22. The molecule has 1 aromatic heterocycles. The van der Waals surface area contributed by atoms with Crippen molar-refractivity contribution in [3.8, 4) is 0 Å². The second-order valence-corrected chi connectivity index (χ2v) is 7.16. The number of hydrogen-bond acceptors (Lipinski definition) is 2. The molecule has 0 aromatic carbocycles. The van der Waals surface area contributed by atoms with Crippen LogP contribution in [-0.4, -0.2) is 22.2 Å². The number of hydrogen-bond donors (Lipinski definition) is 1. The summed E-state index contributed by atoms with van der Waals surface area (Å²) >= 11 is 0. The lowest BCUT2D eigenvalue weighted by Gasteiger charge is -2.40. The smallest absolute Gasteiger partial charge is 0.248 e. The highest BCUT2D eigenvalue weighted by atomic mass is 19.3. The van der Waals surface area contributed by atoms with Crippen molar-refractivity contribution in [3.05, 3.63) is 17.5 Å². The molecule has 0 atom stereocenters. The van der Waals surface area contributed by atoms with E-state index in [2.05, 4.69) is 25.9 Å². The molecule has 1 saturated carbocycles. The Morgan fingerprint density at radius 2 is 1.80 bits per heavy atom. The molecule has 1 heterocycles. The van der Waals surface area contributed by atoms with Gasteiger partial charge < -0.3 is 5.73 Å². The molecule has 1 aromatic rings. The van der Waals surface area contributed by atoms with Crippen LogP contribution in [0.4, 0.5) is 8.78 Å². The molecule has 0 radical (unpaired) electrons. The third-order valence-corrected chi connectivity index (χ3v) is 4.44. The lowest BCUT2D eigenvalue weighted by molar-refractivity contribution is -0.0510. The third-order valence-electron chi connectivity index (χ3n) is 4.44. The first-order valence-electron chi connectivity index (χ1n) is 7.22. The van der Waals surface area contributed by atoms with Gasteiger partial charge in [0.15, 0.2) is 0 Å². The standard InChI is InChI=1S/C15H25F2N3/c1-13(2,3)12-11(9-20(4)19-12)14(10-18)5-7-15(16,17)8-6-14/h9H,5-8,10,18H2,1-4H3. The number of rotatable bonds is 2.